The van der Waals surface area contributed by atoms with Crippen LogP contribution in [0.4, 0.5) is 0 Å². The molecule has 1 fully saturated rings. The molecule has 3 heteroatoms. The maximum absolute atomic E-state index is 5.57. The van der Waals surface area contributed by atoms with E-state index in [1.807, 2.05) is 6.07 Å². The van der Waals surface area contributed by atoms with Gasteiger partial charge in [0.1, 0.15) is 0 Å². The van der Waals surface area contributed by atoms with Crippen molar-refractivity contribution in [3.05, 3.63) is 71.8 Å². The summed E-state index contributed by atoms with van der Waals surface area (Å²) in [6.45, 7) is 1.37. The van der Waals surface area contributed by atoms with Gasteiger partial charge < -0.3 is 9.47 Å². The molecule has 3 unspecified atom stereocenters. The molecule has 3 nitrogen and oxygen atoms in total. The zero-order valence-electron chi connectivity index (χ0n) is 13.6. The lowest BCUT2D eigenvalue weighted by Gasteiger charge is -2.37. The van der Waals surface area contributed by atoms with Gasteiger partial charge in [-0.15, -0.1) is 0 Å². The first kappa shape index (κ1) is 14.1. The second-order valence-corrected chi connectivity index (χ2v) is 6.89. The van der Waals surface area contributed by atoms with Crippen molar-refractivity contribution in [2.75, 3.05) is 6.79 Å². The van der Waals surface area contributed by atoms with Crippen molar-refractivity contribution in [2.24, 2.45) is 0 Å². The van der Waals surface area contributed by atoms with Crippen molar-refractivity contribution in [3.63, 3.8) is 0 Å². The van der Waals surface area contributed by atoms with E-state index >= 15 is 0 Å². The molecule has 24 heavy (non-hydrogen) atoms. The van der Waals surface area contributed by atoms with E-state index in [0.29, 0.717) is 24.8 Å². The number of benzene rings is 2. The van der Waals surface area contributed by atoms with Crippen molar-refractivity contribution >= 4 is 0 Å². The molecule has 0 radical (unpaired) electrons. The fourth-order valence-corrected chi connectivity index (χ4v) is 4.37. The molecular weight excluding hydrogens is 298 g/mol. The molecule has 0 N–H and O–H groups in total. The minimum Gasteiger partial charge on any atom is -0.454 e. The molecule has 2 aromatic rings. The van der Waals surface area contributed by atoms with E-state index < -0.39 is 0 Å². The smallest absolute Gasteiger partial charge is 0.231 e. The van der Waals surface area contributed by atoms with Crippen molar-refractivity contribution in [2.45, 2.75) is 37.4 Å². The van der Waals surface area contributed by atoms with Crippen LogP contribution in [0.2, 0.25) is 0 Å². The van der Waals surface area contributed by atoms with Gasteiger partial charge in [-0.05, 0) is 36.1 Å². The van der Waals surface area contributed by atoms with Gasteiger partial charge in [0.05, 0.1) is 0 Å². The van der Waals surface area contributed by atoms with Crippen molar-refractivity contribution in [1.82, 2.24) is 4.90 Å². The van der Waals surface area contributed by atoms with Gasteiger partial charge in [-0.2, -0.15) is 0 Å². The van der Waals surface area contributed by atoms with Gasteiger partial charge in [0.15, 0.2) is 11.5 Å². The Morgan fingerprint density at radius 1 is 0.917 bits per heavy atom. The molecule has 1 saturated heterocycles. The summed E-state index contributed by atoms with van der Waals surface area (Å²) in [5.74, 6) is 2.18. The van der Waals surface area contributed by atoms with Crippen LogP contribution in [-0.4, -0.2) is 23.8 Å². The molecule has 3 aliphatic heterocycles. The zero-order valence-corrected chi connectivity index (χ0v) is 13.6. The summed E-state index contributed by atoms with van der Waals surface area (Å²) in [5, 5.41) is 0. The third-order valence-corrected chi connectivity index (χ3v) is 5.55. The van der Waals surface area contributed by atoms with Gasteiger partial charge >= 0.3 is 0 Å². The van der Waals surface area contributed by atoms with E-state index in [9.17, 15) is 0 Å². The summed E-state index contributed by atoms with van der Waals surface area (Å²) in [4.78, 5) is 2.67. The third-order valence-electron chi connectivity index (χ3n) is 5.55. The van der Waals surface area contributed by atoms with Gasteiger partial charge in [-0.25, -0.2) is 0 Å². The summed E-state index contributed by atoms with van der Waals surface area (Å²) in [6, 6.07) is 18.4. The van der Waals surface area contributed by atoms with Gasteiger partial charge in [-0.3, -0.25) is 4.90 Å². The molecule has 0 saturated carbocycles. The van der Waals surface area contributed by atoms with Crippen LogP contribution in [-0.2, 0) is 6.54 Å². The van der Waals surface area contributed by atoms with E-state index in [0.717, 1.165) is 18.0 Å². The van der Waals surface area contributed by atoms with E-state index in [1.54, 1.807) is 0 Å². The maximum Gasteiger partial charge on any atom is 0.231 e. The average Bonchev–Trinajstić information content (AvgIpc) is 3.18. The molecule has 0 amide bonds. The van der Waals surface area contributed by atoms with Gasteiger partial charge in [-0.1, -0.05) is 48.6 Å². The SMILES string of the molecule is C1=CC2CCC(C1c1ccc3c(c1)OCO3)N2Cc1ccccc1. The molecule has 3 aliphatic rings. The Bertz CT molecular complexity index is 771. The lowest BCUT2D eigenvalue weighted by Crippen LogP contribution is -2.40. The van der Waals surface area contributed by atoms with Crippen LogP contribution in [0.25, 0.3) is 0 Å². The maximum atomic E-state index is 5.57. The van der Waals surface area contributed by atoms with Crippen molar-refractivity contribution < 1.29 is 9.47 Å². The Morgan fingerprint density at radius 3 is 2.71 bits per heavy atom. The number of rotatable bonds is 3. The third kappa shape index (κ3) is 2.31. The van der Waals surface area contributed by atoms with Gasteiger partial charge in [0.25, 0.3) is 0 Å². The van der Waals surface area contributed by atoms with Crippen LogP contribution >= 0.6 is 0 Å². The number of ether oxygens (including phenoxy) is 2. The van der Waals surface area contributed by atoms with E-state index in [2.05, 4.69) is 59.5 Å². The minimum absolute atomic E-state index is 0.338. The summed E-state index contributed by atoms with van der Waals surface area (Å²) in [6.07, 6.45) is 7.32. The fourth-order valence-electron chi connectivity index (χ4n) is 4.37. The first-order valence-electron chi connectivity index (χ1n) is 8.76. The predicted molar refractivity (Wildman–Crippen MR) is 93.2 cm³/mol. The van der Waals surface area contributed by atoms with E-state index in [-0.39, 0.29) is 0 Å². The first-order chi connectivity index (χ1) is 11.9. The lowest BCUT2D eigenvalue weighted by atomic mass is 9.88. The topological polar surface area (TPSA) is 21.7 Å². The molecule has 5 rings (SSSR count). The molecule has 3 heterocycles. The van der Waals surface area contributed by atoms with Crippen LogP contribution in [0.1, 0.15) is 29.9 Å². The highest BCUT2D eigenvalue weighted by atomic mass is 16.7. The number of hydrogen-bond acceptors (Lipinski definition) is 3. The monoisotopic (exact) mass is 319 g/mol. The van der Waals surface area contributed by atoms with Gasteiger partial charge in [0, 0.05) is 24.5 Å². The minimum atomic E-state index is 0.338. The zero-order chi connectivity index (χ0) is 15.9. The lowest BCUT2D eigenvalue weighted by molar-refractivity contribution is 0.173. The van der Waals surface area contributed by atoms with E-state index in [1.165, 1.54) is 24.0 Å². The Kier molecular flexibility index (Phi) is 3.34. The van der Waals surface area contributed by atoms with Crippen molar-refractivity contribution in [3.8, 4) is 11.5 Å². The second-order valence-electron chi connectivity index (χ2n) is 6.89. The molecule has 2 aromatic carbocycles. The van der Waals surface area contributed by atoms with Crippen LogP contribution in [0.3, 0.4) is 0 Å². The molecule has 0 aliphatic carbocycles. The Labute approximate surface area is 142 Å². The molecular formula is C21H21NO2. The average molecular weight is 319 g/mol. The number of hydrogen-bond donors (Lipinski definition) is 0. The molecule has 0 spiro atoms. The molecule has 2 bridgehead atoms. The number of nitrogens with zero attached hydrogens (tertiary/aromatic N) is 1. The second kappa shape index (κ2) is 5.67. The standard InChI is InChI=1S/C21H21NO2/c1-2-4-15(5-3-1)13-22-17-7-9-18(19(22)10-8-17)16-6-11-20-21(12-16)24-14-23-20/h1-7,9,11-12,17-19H,8,10,13-14H2. The van der Waals surface area contributed by atoms with Gasteiger partial charge in [0.2, 0.25) is 6.79 Å². The van der Waals surface area contributed by atoms with E-state index in [4.69, 9.17) is 9.47 Å². The van der Waals surface area contributed by atoms with Crippen LogP contribution in [0, 0.1) is 0 Å². The highest BCUT2D eigenvalue weighted by Gasteiger charge is 2.40. The highest BCUT2D eigenvalue weighted by Crippen LogP contribution is 2.43. The van der Waals surface area contributed by atoms with Crippen LogP contribution in [0.5, 0.6) is 11.5 Å². The quantitative estimate of drug-likeness (QED) is 0.795. The largest absolute Gasteiger partial charge is 0.454 e. The normalized spacial score (nSPS) is 27.6. The molecule has 3 atom stereocenters. The fraction of sp³-hybridized carbons (Fsp3) is 0.333. The predicted octanol–water partition coefficient (Wildman–Crippen LogP) is 4.10. The van der Waals surface area contributed by atoms with Crippen molar-refractivity contribution in [1.29, 1.82) is 0 Å². The molecule has 0 aromatic heterocycles. The van der Waals surface area contributed by atoms with Crippen LogP contribution in [0.15, 0.2) is 60.7 Å². The summed E-state index contributed by atoms with van der Waals surface area (Å²) in [7, 11) is 0. The van der Waals surface area contributed by atoms with Crippen LogP contribution < -0.4 is 9.47 Å². The number of fused-ring (bicyclic) bond motifs is 3. The Hall–Kier alpha value is -2.26. The summed E-state index contributed by atoms with van der Waals surface area (Å²) in [5.41, 5.74) is 2.73. The summed E-state index contributed by atoms with van der Waals surface area (Å²) < 4.78 is 11.0. The Morgan fingerprint density at radius 2 is 1.79 bits per heavy atom. The summed E-state index contributed by atoms with van der Waals surface area (Å²) >= 11 is 0. The Balaban J connectivity index is 1.44. The molecule has 122 valence electrons. The first-order valence-corrected chi connectivity index (χ1v) is 8.76. The highest BCUT2D eigenvalue weighted by molar-refractivity contribution is 5.47.